The van der Waals surface area contributed by atoms with Crippen LogP contribution in [-0.4, -0.2) is 14.2 Å². The van der Waals surface area contributed by atoms with E-state index in [9.17, 15) is 10.5 Å². The number of rotatable bonds is 8. The van der Waals surface area contributed by atoms with Crippen LogP contribution in [-0.2, 0) is 0 Å². The minimum Gasteiger partial charge on any atom is -0.497 e. The van der Waals surface area contributed by atoms with Crippen molar-refractivity contribution in [3.63, 3.8) is 0 Å². The highest BCUT2D eigenvalue weighted by atomic mass is 16.5. The lowest BCUT2D eigenvalue weighted by molar-refractivity contribution is 0.414. The lowest BCUT2D eigenvalue weighted by atomic mass is 9.85. The molecule has 208 valence electrons. The summed E-state index contributed by atoms with van der Waals surface area (Å²) in [6, 6.07) is 47.2. The van der Waals surface area contributed by atoms with Crippen molar-refractivity contribution in [2.45, 2.75) is 6.92 Å². The molecule has 0 saturated carbocycles. The number of hydrogen-bond donors (Lipinski definition) is 0. The van der Waals surface area contributed by atoms with Crippen LogP contribution in [0.1, 0.15) is 34.7 Å². The normalized spacial score (nSPS) is 10.2. The summed E-state index contributed by atoms with van der Waals surface area (Å²) >= 11 is 0. The van der Waals surface area contributed by atoms with Crippen molar-refractivity contribution < 1.29 is 9.47 Å². The maximum Gasteiger partial charge on any atom is 0.133 e. The van der Waals surface area contributed by atoms with Gasteiger partial charge in [-0.1, -0.05) is 103 Å². The number of benzene rings is 5. The first-order chi connectivity index (χ1) is 21.1. The van der Waals surface area contributed by atoms with Gasteiger partial charge in [-0.15, -0.1) is 0 Å². The number of methoxy groups -OCH3 is 2. The molecule has 0 fully saturated rings. The first-order valence-corrected chi connectivity index (χ1v) is 13.9. The summed E-state index contributed by atoms with van der Waals surface area (Å²) in [6.07, 6.45) is 0. The summed E-state index contributed by atoms with van der Waals surface area (Å²) in [5.41, 5.74) is 10.3. The fourth-order valence-corrected chi connectivity index (χ4v) is 5.11. The average molecular weight is 559 g/mol. The van der Waals surface area contributed by atoms with Crippen molar-refractivity contribution >= 4 is 16.7 Å². The van der Waals surface area contributed by atoms with Crippen molar-refractivity contribution in [1.29, 1.82) is 10.5 Å². The summed E-state index contributed by atoms with van der Waals surface area (Å²) < 4.78 is 10.9. The number of hydrogen-bond acceptors (Lipinski definition) is 4. The minimum atomic E-state index is 0.127. The van der Waals surface area contributed by atoms with E-state index in [0.717, 1.165) is 61.6 Å². The standard InChI is InChI=1S/C39H30N2O2/c1-27(35(25-40)26-41)28-9-11-29(12-10-28)30-13-15-32(16-14-30)38(31-7-5-4-6-8-31)39(33-17-21-36(42-2)22-18-33)34-19-23-37(43-3)24-20-34/h4-24H,1-3H3. The predicted octanol–water partition coefficient (Wildman–Crippen LogP) is 9.20. The lowest BCUT2D eigenvalue weighted by Gasteiger charge is -2.19. The van der Waals surface area contributed by atoms with Crippen LogP contribution in [0.2, 0.25) is 0 Å². The molecule has 0 N–H and O–H groups in total. The molecule has 0 spiro atoms. The molecule has 0 aromatic heterocycles. The number of nitriles is 2. The zero-order valence-corrected chi connectivity index (χ0v) is 24.3. The average Bonchev–Trinajstić information content (AvgIpc) is 3.08. The maximum atomic E-state index is 9.23. The molecule has 0 aliphatic heterocycles. The molecule has 5 aromatic rings. The molecule has 0 amide bonds. The molecule has 4 nitrogen and oxygen atoms in total. The topological polar surface area (TPSA) is 66.0 Å². The van der Waals surface area contributed by atoms with Gasteiger partial charge in [-0.2, -0.15) is 10.5 Å². The first-order valence-electron chi connectivity index (χ1n) is 13.9. The van der Waals surface area contributed by atoms with Crippen molar-refractivity contribution in [3.05, 3.63) is 161 Å². The zero-order chi connectivity index (χ0) is 30.2. The number of ether oxygens (including phenoxy) is 2. The summed E-state index contributed by atoms with van der Waals surface area (Å²) in [4.78, 5) is 0. The fraction of sp³-hybridized carbons (Fsp3) is 0.0769. The van der Waals surface area contributed by atoms with E-state index in [2.05, 4.69) is 72.8 Å². The van der Waals surface area contributed by atoms with Crippen LogP contribution in [0.25, 0.3) is 27.8 Å². The van der Waals surface area contributed by atoms with Crippen LogP contribution >= 0.6 is 0 Å². The van der Waals surface area contributed by atoms with E-state index < -0.39 is 0 Å². The van der Waals surface area contributed by atoms with E-state index in [0.29, 0.717) is 5.57 Å². The Kier molecular flexibility index (Phi) is 8.81. The van der Waals surface area contributed by atoms with Crippen LogP contribution in [0.3, 0.4) is 0 Å². The zero-order valence-electron chi connectivity index (χ0n) is 24.3. The van der Waals surface area contributed by atoms with E-state index in [-0.39, 0.29) is 5.57 Å². The van der Waals surface area contributed by atoms with Gasteiger partial charge in [0, 0.05) is 0 Å². The minimum absolute atomic E-state index is 0.127. The van der Waals surface area contributed by atoms with Crippen LogP contribution in [0.5, 0.6) is 11.5 Å². The third kappa shape index (κ3) is 6.25. The second-order valence-electron chi connectivity index (χ2n) is 9.95. The third-order valence-electron chi connectivity index (χ3n) is 7.49. The fourth-order valence-electron chi connectivity index (χ4n) is 5.11. The molecule has 0 unspecified atom stereocenters. The molecular formula is C39H30N2O2. The SMILES string of the molecule is COc1ccc(C(=C(c2ccccc2)c2ccc(-c3ccc(C(C)=C(C#N)C#N)cc3)cc2)c2ccc(OC)cc2)cc1. The second kappa shape index (κ2) is 13.2. The van der Waals surface area contributed by atoms with Gasteiger partial charge in [-0.05, 0) is 86.9 Å². The van der Waals surface area contributed by atoms with E-state index in [1.165, 1.54) is 0 Å². The molecule has 0 aliphatic carbocycles. The molecule has 0 atom stereocenters. The molecule has 5 aromatic carbocycles. The van der Waals surface area contributed by atoms with Gasteiger partial charge in [0.15, 0.2) is 0 Å². The summed E-state index contributed by atoms with van der Waals surface area (Å²) in [5.74, 6) is 1.60. The molecule has 5 rings (SSSR count). The van der Waals surface area contributed by atoms with Gasteiger partial charge in [0.05, 0.1) is 14.2 Å². The van der Waals surface area contributed by atoms with Gasteiger partial charge < -0.3 is 9.47 Å². The van der Waals surface area contributed by atoms with E-state index in [1.54, 1.807) is 21.1 Å². The molecule has 43 heavy (non-hydrogen) atoms. The third-order valence-corrected chi connectivity index (χ3v) is 7.49. The van der Waals surface area contributed by atoms with Gasteiger partial charge >= 0.3 is 0 Å². The highest BCUT2D eigenvalue weighted by Crippen LogP contribution is 2.38. The van der Waals surface area contributed by atoms with Crippen LogP contribution in [0.15, 0.2) is 133 Å². The van der Waals surface area contributed by atoms with Crippen LogP contribution in [0, 0.1) is 22.7 Å². The Morgan fingerprint density at radius 1 is 0.465 bits per heavy atom. The van der Waals surface area contributed by atoms with E-state index in [4.69, 9.17) is 9.47 Å². The van der Waals surface area contributed by atoms with Crippen LogP contribution in [0.4, 0.5) is 0 Å². The molecule has 0 aliphatic rings. The summed E-state index contributed by atoms with van der Waals surface area (Å²) in [6.45, 7) is 1.80. The number of allylic oxidation sites excluding steroid dienone is 2. The Morgan fingerprint density at radius 3 is 1.19 bits per heavy atom. The van der Waals surface area contributed by atoms with Crippen molar-refractivity contribution in [2.24, 2.45) is 0 Å². The molecule has 0 radical (unpaired) electrons. The Hall–Kier alpha value is -5.84. The summed E-state index contributed by atoms with van der Waals surface area (Å²) in [5, 5.41) is 18.5. The molecule has 0 bridgehead atoms. The molecule has 0 saturated heterocycles. The van der Waals surface area contributed by atoms with Crippen molar-refractivity contribution in [3.8, 4) is 34.8 Å². The highest BCUT2D eigenvalue weighted by Gasteiger charge is 2.17. The van der Waals surface area contributed by atoms with Crippen molar-refractivity contribution in [2.75, 3.05) is 14.2 Å². The number of nitrogens with zero attached hydrogens (tertiary/aromatic N) is 2. The Balaban J connectivity index is 1.65. The second-order valence-corrected chi connectivity index (χ2v) is 9.95. The Morgan fingerprint density at radius 2 is 0.814 bits per heavy atom. The van der Waals surface area contributed by atoms with Gasteiger partial charge in [0.2, 0.25) is 0 Å². The van der Waals surface area contributed by atoms with Gasteiger partial charge in [0.1, 0.15) is 29.2 Å². The maximum absolute atomic E-state index is 9.23. The molecule has 4 heteroatoms. The lowest BCUT2D eigenvalue weighted by Crippen LogP contribution is -1.98. The summed E-state index contributed by atoms with van der Waals surface area (Å²) in [7, 11) is 3.35. The predicted molar refractivity (Wildman–Crippen MR) is 173 cm³/mol. The highest BCUT2D eigenvalue weighted by molar-refractivity contribution is 6.04. The van der Waals surface area contributed by atoms with E-state index >= 15 is 0 Å². The first kappa shape index (κ1) is 28.7. The monoisotopic (exact) mass is 558 g/mol. The van der Waals surface area contributed by atoms with Gasteiger partial charge in [0.25, 0.3) is 0 Å². The van der Waals surface area contributed by atoms with Gasteiger partial charge in [-0.25, -0.2) is 0 Å². The van der Waals surface area contributed by atoms with Gasteiger partial charge in [-0.3, -0.25) is 0 Å². The largest absolute Gasteiger partial charge is 0.497 e. The Labute approximate surface area is 253 Å². The van der Waals surface area contributed by atoms with Crippen molar-refractivity contribution in [1.82, 2.24) is 0 Å². The molecule has 0 heterocycles. The Bertz CT molecular complexity index is 1790. The smallest absolute Gasteiger partial charge is 0.133 e. The quantitative estimate of drug-likeness (QED) is 0.141. The van der Waals surface area contributed by atoms with E-state index in [1.807, 2.05) is 66.7 Å². The van der Waals surface area contributed by atoms with Crippen LogP contribution < -0.4 is 9.47 Å². The molecular weight excluding hydrogens is 528 g/mol.